The van der Waals surface area contributed by atoms with Gasteiger partial charge in [-0.2, -0.15) is 5.26 Å². The third kappa shape index (κ3) is 5.14. The number of amides is 1. The van der Waals surface area contributed by atoms with Crippen LogP contribution in [0.15, 0.2) is 48.7 Å². The van der Waals surface area contributed by atoms with Gasteiger partial charge in [-0.1, -0.05) is 12.1 Å². The third-order valence-corrected chi connectivity index (χ3v) is 3.08. The number of hydrogen-bond donors (Lipinski definition) is 1. The van der Waals surface area contributed by atoms with Crippen LogP contribution >= 0.6 is 0 Å². The molecule has 0 atom stereocenters. The molecule has 6 heteroatoms. The Morgan fingerprint density at radius 2 is 2.21 bits per heavy atom. The van der Waals surface area contributed by atoms with Crippen LogP contribution in [-0.2, 0) is 11.3 Å². The molecule has 2 rings (SSSR count). The molecule has 0 unspecified atom stereocenters. The fourth-order valence-electron chi connectivity index (χ4n) is 1.93. The molecule has 24 heavy (non-hydrogen) atoms. The summed E-state index contributed by atoms with van der Waals surface area (Å²) >= 11 is 0. The molecular formula is C18H17N3O3. The number of hydrogen-bond acceptors (Lipinski definition) is 5. The zero-order valence-electron chi connectivity index (χ0n) is 13.2. The van der Waals surface area contributed by atoms with Crippen molar-refractivity contribution >= 4 is 12.0 Å². The standard InChI is InChI=1S/C18H17N3O3/c1-23-17-12-14(5-7-16(17)24-11-9-19)6-8-18(22)21-13-15-4-2-3-10-20-15/h2-8,10,12H,11,13H2,1H3,(H,21,22)/b8-6+. The second-order valence-corrected chi connectivity index (χ2v) is 4.73. The Hall–Kier alpha value is -3.33. The highest BCUT2D eigenvalue weighted by molar-refractivity contribution is 5.91. The summed E-state index contributed by atoms with van der Waals surface area (Å²) in [4.78, 5) is 16.0. The smallest absolute Gasteiger partial charge is 0.244 e. The summed E-state index contributed by atoms with van der Waals surface area (Å²) in [5, 5.41) is 11.3. The summed E-state index contributed by atoms with van der Waals surface area (Å²) in [6.07, 6.45) is 4.79. The summed E-state index contributed by atoms with van der Waals surface area (Å²) in [7, 11) is 1.52. The van der Waals surface area contributed by atoms with Crippen molar-refractivity contribution in [2.45, 2.75) is 6.54 Å². The molecule has 1 aromatic heterocycles. The van der Waals surface area contributed by atoms with Crippen LogP contribution in [0.5, 0.6) is 11.5 Å². The molecule has 2 aromatic rings. The molecule has 1 N–H and O–H groups in total. The quantitative estimate of drug-likeness (QED) is 0.791. The van der Waals surface area contributed by atoms with Crippen molar-refractivity contribution in [3.63, 3.8) is 0 Å². The Morgan fingerprint density at radius 3 is 2.92 bits per heavy atom. The molecule has 1 amide bonds. The molecule has 122 valence electrons. The normalized spacial score (nSPS) is 10.2. The maximum atomic E-state index is 11.8. The van der Waals surface area contributed by atoms with E-state index in [-0.39, 0.29) is 12.5 Å². The third-order valence-electron chi connectivity index (χ3n) is 3.08. The predicted molar refractivity (Wildman–Crippen MR) is 89.2 cm³/mol. The number of ether oxygens (including phenoxy) is 2. The van der Waals surface area contributed by atoms with Crippen LogP contribution in [0.2, 0.25) is 0 Å². The van der Waals surface area contributed by atoms with Gasteiger partial charge in [-0.25, -0.2) is 0 Å². The molecule has 1 heterocycles. The van der Waals surface area contributed by atoms with Crippen molar-refractivity contribution in [2.75, 3.05) is 13.7 Å². The fraction of sp³-hybridized carbons (Fsp3) is 0.167. The van der Waals surface area contributed by atoms with Gasteiger partial charge < -0.3 is 14.8 Å². The minimum Gasteiger partial charge on any atom is -0.493 e. The van der Waals surface area contributed by atoms with Gasteiger partial charge in [-0.15, -0.1) is 0 Å². The molecule has 6 nitrogen and oxygen atoms in total. The average Bonchev–Trinajstić information content (AvgIpc) is 2.64. The van der Waals surface area contributed by atoms with Gasteiger partial charge in [0.05, 0.1) is 19.3 Å². The zero-order chi connectivity index (χ0) is 17.2. The van der Waals surface area contributed by atoms with Crippen LogP contribution in [0.25, 0.3) is 6.08 Å². The summed E-state index contributed by atoms with van der Waals surface area (Å²) in [6.45, 7) is 0.315. The van der Waals surface area contributed by atoms with Gasteiger partial charge >= 0.3 is 0 Å². The Balaban J connectivity index is 1.95. The van der Waals surface area contributed by atoms with E-state index in [0.29, 0.717) is 18.0 Å². The van der Waals surface area contributed by atoms with Crippen LogP contribution in [-0.4, -0.2) is 24.6 Å². The highest BCUT2D eigenvalue weighted by atomic mass is 16.5. The van der Waals surface area contributed by atoms with Crippen molar-refractivity contribution in [1.29, 1.82) is 5.26 Å². The van der Waals surface area contributed by atoms with E-state index in [4.69, 9.17) is 14.7 Å². The highest BCUT2D eigenvalue weighted by Crippen LogP contribution is 2.28. The molecule has 0 spiro atoms. The van der Waals surface area contributed by atoms with E-state index in [1.54, 1.807) is 30.5 Å². The molecule has 0 aliphatic rings. The van der Waals surface area contributed by atoms with Crippen LogP contribution in [0.4, 0.5) is 0 Å². The maximum Gasteiger partial charge on any atom is 0.244 e. The van der Waals surface area contributed by atoms with Crippen molar-refractivity contribution in [1.82, 2.24) is 10.3 Å². The summed E-state index contributed by atoms with van der Waals surface area (Å²) in [5.74, 6) is 0.765. The molecule has 0 saturated carbocycles. The minimum absolute atomic E-state index is 0.0541. The molecular weight excluding hydrogens is 306 g/mol. The number of carbonyl (C=O) groups excluding carboxylic acids is 1. The van der Waals surface area contributed by atoms with Crippen molar-refractivity contribution in [3.05, 3.63) is 59.9 Å². The second-order valence-electron chi connectivity index (χ2n) is 4.73. The van der Waals surface area contributed by atoms with Gasteiger partial charge in [0.2, 0.25) is 5.91 Å². The number of pyridine rings is 1. The Bertz CT molecular complexity index is 752. The summed E-state index contributed by atoms with van der Waals surface area (Å²) < 4.78 is 10.5. The predicted octanol–water partition coefficient (Wildman–Crippen LogP) is 2.32. The summed E-state index contributed by atoms with van der Waals surface area (Å²) in [6, 6.07) is 12.6. The van der Waals surface area contributed by atoms with Gasteiger partial charge in [0, 0.05) is 12.3 Å². The number of nitriles is 1. The van der Waals surface area contributed by atoms with E-state index in [1.165, 1.54) is 13.2 Å². The number of rotatable bonds is 7. The Kier molecular flexibility index (Phi) is 6.35. The first kappa shape index (κ1) is 17.0. The largest absolute Gasteiger partial charge is 0.493 e. The first-order chi connectivity index (χ1) is 11.7. The number of nitrogens with one attached hydrogen (secondary N) is 1. The lowest BCUT2D eigenvalue weighted by molar-refractivity contribution is -0.116. The first-order valence-corrected chi connectivity index (χ1v) is 7.26. The lowest BCUT2D eigenvalue weighted by Gasteiger charge is -2.08. The van der Waals surface area contributed by atoms with Crippen molar-refractivity contribution in [2.24, 2.45) is 0 Å². The lowest BCUT2D eigenvalue weighted by atomic mass is 10.2. The van der Waals surface area contributed by atoms with E-state index in [2.05, 4.69) is 10.3 Å². The van der Waals surface area contributed by atoms with Gasteiger partial charge in [-0.3, -0.25) is 9.78 Å². The van der Waals surface area contributed by atoms with E-state index in [9.17, 15) is 4.79 Å². The first-order valence-electron chi connectivity index (χ1n) is 7.26. The van der Waals surface area contributed by atoms with Gasteiger partial charge in [0.1, 0.15) is 6.07 Å². The minimum atomic E-state index is -0.218. The maximum absolute atomic E-state index is 11.8. The number of benzene rings is 1. The lowest BCUT2D eigenvalue weighted by Crippen LogP contribution is -2.20. The van der Waals surface area contributed by atoms with Gasteiger partial charge in [0.25, 0.3) is 0 Å². The molecule has 0 bridgehead atoms. The molecule has 0 aliphatic carbocycles. The van der Waals surface area contributed by atoms with E-state index in [0.717, 1.165) is 11.3 Å². The van der Waals surface area contributed by atoms with Gasteiger partial charge in [0.15, 0.2) is 18.1 Å². The number of carbonyl (C=O) groups is 1. The SMILES string of the molecule is COc1cc(/C=C/C(=O)NCc2ccccn2)ccc1OCC#N. The van der Waals surface area contributed by atoms with Crippen LogP contribution in [0.1, 0.15) is 11.3 Å². The molecule has 0 saturated heterocycles. The second kappa shape index (κ2) is 8.96. The van der Waals surface area contributed by atoms with Crippen molar-refractivity contribution in [3.8, 4) is 17.6 Å². The number of aromatic nitrogens is 1. The molecule has 0 fully saturated rings. The van der Waals surface area contributed by atoms with Crippen LogP contribution in [0.3, 0.4) is 0 Å². The van der Waals surface area contributed by atoms with Gasteiger partial charge in [-0.05, 0) is 35.9 Å². The van der Waals surface area contributed by atoms with Crippen LogP contribution in [0, 0.1) is 11.3 Å². The Morgan fingerprint density at radius 1 is 1.33 bits per heavy atom. The number of nitrogens with zero attached hydrogens (tertiary/aromatic N) is 2. The highest BCUT2D eigenvalue weighted by Gasteiger charge is 2.05. The average molecular weight is 323 g/mol. The van der Waals surface area contributed by atoms with Crippen molar-refractivity contribution < 1.29 is 14.3 Å². The fourth-order valence-corrected chi connectivity index (χ4v) is 1.93. The van der Waals surface area contributed by atoms with E-state index < -0.39 is 0 Å². The Labute approximate surface area is 140 Å². The number of methoxy groups -OCH3 is 1. The van der Waals surface area contributed by atoms with E-state index >= 15 is 0 Å². The zero-order valence-corrected chi connectivity index (χ0v) is 13.2. The summed E-state index contributed by atoms with van der Waals surface area (Å²) in [5.41, 5.74) is 1.57. The monoisotopic (exact) mass is 323 g/mol. The molecule has 1 aromatic carbocycles. The molecule has 0 radical (unpaired) electrons. The van der Waals surface area contributed by atoms with Crippen LogP contribution < -0.4 is 14.8 Å². The van der Waals surface area contributed by atoms with E-state index in [1.807, 2.05) is 24.3 Å². The topological polar surface area (TPSA) is 84.2 Å². The molecule has 0 aliphatic heterocycles.